The summed E-state index contributed by atoms with van der Waals surface area (Å²) in [7, 11) is 0. The van der Waals surface area contributed by atoms with E-state index < -0.39 is 0 Å². The second-order valence-corrected chi connectivity index (χ2v) is 4.70. The van der Waals surface area contributed by atoms with Crippen molar-refractivity contribution in [2.75, 3.05) is 13.1 Å². The average Bonchev–Trinajstić information content (AvgIpc) is 2.19. The van der Waals surface area contributed by atoms with Gasteiger partial charge in [-0.3, -0.25) is 4.79 Å². The third-order valence-electron chi connectivity index (χ3n) is 2.21. The van der Waals surface area contributed by atoms with Gasteiger partial charge in [-0.2, -0.15) is 0 Å². The number of amides is 1. The normalized spacial score (nSPS) is 10.1. The Bertz CT molecular complexity index is 364. The van der Waals surface area contributed by atoms with Crippen LogP contribution in [0, 0.1) is 3.57 Å². The van der Waals surface area contributed by atoms with Crippen molar-refractivity contribution >= 4 is 40.1 Å². The summed E-state index contributed by atoms with van der Waals surface area (Å²) in [5, 5.41) is 0.662. The van der Waals surface area contributed by atoms with E-state index in [0.717, 1.165) is 22.2 Å². The molecule has 0 aliphatic carbocycles. The van der Waals surface area contributed by atoms with Crippen molar-refractivity contribution in [1.82, 2.24) is 4.90 Å². The molecule has 0 fully saturated rings. The molecule has 2 nitrogen and oxygen atoms in total. The van der Waals surface area contributed by atoms with Gasteiger partial charge in [0.1, 0.15) is 0 Å². The molecule has 15 heavy (non-hydrogen) atoms. The smallest absolute Gasteiger partial charge is 0.254 e. The Kier molecular flexibility index (Phi) is 4.86. The van der Waals surface area contributed by atoms with Gasteiger partial charge in [0.15, 0.2) is 0 Å². The first-order chi connectivity index (χ1) is 7.10. The zero-order valence-electron chi connectivity index (χ0n) is 8.76. The van der Waals surface area contributed by atoms with Gasteiger partial charge < -0.3 is 4.90 Å². The highest BCUT2D eigenvalue weighted by atomic mass is 127. The molecular formula is C11H13ClINO. The standard InChI is InChI=1S/C11H13ClINO/c1-3-14(4-2)11(15)9-6-5-8(12)7-10(9)13/h5-7H,3-4H2,1-2H3. The molecule has 1 rings (SSSR count). The van der Waals surface area contributed by atoms with E-state index in [9.17, 15) is 4.79 Å². The van der Waals surface area contributed by atoms with Crippen molar-refractivity contribution in [2.24, 2.45) is 0 Å². The Labute approximate surface area is 109 Å². The van der Waals surface area contributed by atoms with Crippen LogP contribution in [0.4, 0.5) is 0 Å². The average molecular weight is 338 g/mol. The van der Waals surface area contributed by atoms with Crippen LogP contribution in [0.2, 0.25) is 5.02 Å². The molecule has 1 amide bonds. The fraction of sp³-hybridized carbons (Fsp3) is 0.364. The van der Waals surface area contributed by atoms with E-state index in [4.69, 9.17) is 11.6 Å². The molecule has 1 aromatic rings. The van der Waals surface area contributed by atoms with Crippen molar-refractivity contribution in [3.63, 3.8) is 0 Å². The molecule has 1 aromatic carbocycles. The SMILES string of the molecule is CCN(CC)C(=O)c1ccc(Cl)cc1I. The molecular weight excluding hydrogens is 324 g/mol. The van der Waals surface area contributed by atoms with E-state index in [1.807, 2.05) is 13.8 Å². The summed E-state index contributed by atoms with van der Waals surface area (Å²) in [6, 6.07) is 5.34. The molecule has 0 aromatic heterocycles. The molecule has 0 radical (unpaired) electrons. The number of carbonyl (C=O) groups excluding carboxylic acids is 1. The Hall–Kier alpha value is -0.290. The minimum atomic E-state index is 0.0704. The van der Waals surface area contributed by atoms with Gasteiger partial charge in [0.25, 0.3) is 5.91 Å². The van der Waals surface area contributed by atoms with Crippen LogP contribution in [0.5, 0.6) is 0 Å². The van der Waals surface area contributed by atoms with Gasteiger partial charge in [0, 0.05) is 21.7 Å². The maximum atomic E-state index is 12.0. The van der Waals surface area contributed by atoms with Crippen LogP contribution in [0.15, 0.2) is 18.2 Å². The molecule has 0 aliphatic heterocycles. The maximum absolute atomic E-state index is 12.0. The van der Waals surface area contributed by atoms with Crippen LogP contribution in [0.1, 0.15) is 24.2 Å². The first-order valence-corrected chi connectivity index (χ1v) is 6.30. The van der Waals surface area contributed by atoms with E-state index >= 15 is 0 Å². The summed E-state index contributed by atoms with van der Waals surface area (Å²) >= 11 is 7.97. The summed E-state index contributed by atoms with van der Waals surface area (Å²) in [6.45, 7) is 5.41. The zero-order chi connectivity index (χ0) is 11.4. The largest absolute Gasteiger partial charge is 0.339 e. The molecule has 0 heterocycles. The topological polar surface area (TPSA) is 20.3 Å². The number of halogens is 2. The summed E-state index contributed by atoms with van der Waals surface area (Å²) in [5.41, 5.74) is 0.726. The molecule has 0 saturated heterocycles. The van der Waals surface area contributed by atoms with Crippen molar-refractivity contribution in [1.29, 1.82) is 0 Å². The van der Waals surface area contributed by atoms with Crippen LogP contribution in [0.3, 0.4) is 0 Å². The molecule has 0 bridgehead atoms. The summed E-state index contributed by atoms with van der Waals surface area (Å²) in [4.78, 5) is 13.8. The predicted molar refractivity (Wildman–Crippen MR) is 71.4 cm³/mol. The Morgan fingerprint density at radius 3 is 2.47 bits per heavy atom. The lowest BCUT2D eigenvalue weighted by Crippen LogP contribution is -2.30. The molecule has 0 aliphatic rings. The van der Waals surface area contributed by atoms with E-state index in [0.29, 0.717) is 5.02 Å². The van der Waals surface area contributed by atoms with Gasteiger partial charge in [0.05, 0.1) is 5.56 Å². The molecule has 82 valence electrons. The van der Waals surface area contributed by atoms with Crippen molar-refractivity contribution in [3.8, 4) is 0 Å². The van der Waals surface area contributed by atoms with Crippen LogP contribution in [-0.2, 0) is 0 Å². The van der Waals surface area contributed by atoms with Crippen LogP contribution in [0.25, 0.3) is 0 Å². The molecule has 0 saturated carbocycles. The van der Waals surface area contributed by atoms with Gasteiger partial charge in [-0.15, -0.1) is 0 Å². The quantitative estimate of drug-likeness (QED) is 0.774. The molecule has 0 unspecified atom stereocenters. The second kappa shape index (κ2) is 5.70. The van der Waals surface area contributed by atoms with Crippen LogP contribution < -0.4 is 0 Å². The van der Waals surface area contributed by atoms with Gasteiger partial charge in [-0.05, 0) is 54.6 Å². The summed E-state index contributed by atoms with van der Waals surface area (Å²) in [5.74, 6) is 0.0704. The fourth-order valence-corrected chi connectivity index (χ4v) is 2.45. The second-order valence-electron chi connectivity index (χ2n) is 3.10. The Morgan fingerprint density at radius 2 is 2.00 bits per heavy atom. The number of hydrogen-bond acceptors (Lipinski definition) is 1. The van der Waals surface area contributed by atoms with Gasteiger partial charge in [0.2, 0.25) is 0 Å². The number of hydrogen-bond donors (Lipinski definition) is 0. The van der Waals surface area contributed by atoms with E-state index in [1.165, 1.54) is 0 Å². The Balaban J connectivity index is 3.00. The van der Waals surface area contributed by atoms with Gasteiger partial charge in [-0.1, -0.05) is 11.6 Å². The number of carbonyl (C=O) groups is 1. The lowest BCUT2D eigenvalue weighted by molar-refractivity contribution is 0.0772. The lowest BCUT2D eigenvalue weighted by atomic mass is 10.2. The predicted octanol–water partition coefficient (Wildman–Crippen LogP) is 3.43. The van der Waals surface area contributed by atoms with E-state index in [2.05, 4.69) is 22.6 Å². The van der Waals surface area contributed by atoms with Crippen molar-refractivity contribution in [2.45, 2.75) is 13.8 Å². The molecule has 0 atom stereocenters. The summed E-state index contributed by atoms with van der Waals surface area (Å²) in [6.07, 6.45) is 0. The first kappa shape index (κ1) is 12.8. The third-order valence-corrected chi connectivity index (χ3v) is 3.34. The highest BCUT2D eigenvalue weighted by Crippen LogP contribution is 2.19. The van der Waals surface area contributed by atoms with Gasteiger partial charge in [-0.25, -0.2) is 0 Å². The maximum Gasteiger partial charge on any atom is 0.254 e. The van der Waals surface area contributed by atoms with Crippen molar-refractivity contribution in [3.05, 3.63) is 32.4 Å². The Morgan fingerprint density at radius 1 is 1.40 bits per heavy atom. The zero-order valence-corrected chi connectivity index (χ0v) is 11.7. The third kappa shape index (κ3) is 3.08. The van der Waals surface area contributed by atoms with E-state index in [-0.39, 0.29) is 5.91 Å². The highest BCUT2D eigenvalue weighted by Gasteiger charge is 2.15. The molecule has 0 N–H and O–H groups in total. The highest BCUT2D eigenvalue weighted by molar-refractivity contribution is 14.1. The minimum Gasteiger partial charge on any atom is -0.339 e. The number of rotatable bonds is 3. The van der Waals surface area contributed by atoms with Crippen LogP contribution in [-0.4, -0.2) is 23.9 Å². The number of benzene rings is 1. The first-order valence-electron chi connectivity index (χ1n) is 4.84. The number of nitrogens with zero attached hydrogens (tertiary/aromatic N) is 1. The minimum absolute atomic E-state index is 0.0704. The van der Waals surface area contributed by atoms with Crippen LogP contribution >= 0.6 is 34.2 Å². The van der Waals surface area contributed by atoms with Gasteiger partial charge >= 0.3 is 0 Å². The fourth-order valence-electron chi connectivity index (χ4n) is 1.34. The van der Waals surface area contributed by atoms with E-state index in [1.54, 1.807) is 23.1 Å². The monoisotopic (exact) mass is 337 g/mol. The molecule has 4 heteroatoms. The molecule has 0 spiro atoms. The summed E-state index contributed by atoms with van der Waals surface area (Å²) < 4.78 is 0.900. The lowest BCUT2D eigenvalue weighted by Gasteiger charge is -2.19. The van der Waals surface area contributed by atoms with Crippen molar-refractivity contribution < 1.29 is 4.79 Å².